The number of fused-ring (bicyclic) bond motifs is 3. The van der Waals surface area contributed by atoms with Crippen LogP contribution in [0.5, 0.6) is 0 Å². The maximum Gasteiger partial charge on any atom is 0.408 e. The smallest absolute Gasteiger partial charge is 0.408 e. The van der Waals surface area contributed by atoms with E-state index in [9.17, 15) is 19.2 Å². The number of amides is 2. The molecule has 1 aliphatic carbocycles. The first-order valence-electron chi connectivity index (χ1n) is 10.8. The number of esters is 1. The molecule has 3 rings (SSSR count). The van der Waals surface area contributed by atoms with E-state index in [4.69, 9.17) is 14.6 Å². The number of hydrogen-bond donors (Lipinski definition) is 3. The molecule has 0 radical (unpaired) electrons. The molecule has 0 aliphatic heterocycles. The Kier molecular flexibility index (Phi) is 8.92. The van der Waals surface area contributed by atoms with E-state index in [1.54, 1.807) is 6.92 Å². The van der Waals surface area contributed by atoms with Crippen molar-refractivity contribution in [3.8, 4) is 11.1 Å². The molecule has 1 aliphatic rings. The number of nitrogens with one attached hydrogen (secondary N) is 2. The molecule has 2 aromatic carbocycles. The third-order valence-corrected chi connectivity index (χ3v) is 6.11. The van der Waals surface area contributed by atoms with Crippen molar-refractivity contribution in [2.75, 3.05) is 31.3 Å². The summed E-state index contributed by atoms with van der Waals surface area (Å²) in [5, 5.41) is 13.4. The van der Waals surface area contributed by atoms with Crippen molar-refractivity contribution < 1.29 is 33.8 Å². The molecule has 0 bridgehead atoms. The molecule has 1 atom stereocenters. The van der Waals surface area contributed by atoms with Crippen LogP contribution in [0, 0.1) is 0 Å². The Balaban J connectivity index is 1.60. The zero-order chi connectivity index (χ0) is 24.5. The first kappa shape index (κ1) is 25.1. The molecule has 180 valence electrons. The zero-order valence-electron chi connectivity index (χ0n) is 18.6. The summed E-state index contributed by atoms with van der Waals surface area (Å²) < 4.78 is 10.3. The van der Waals surface area contributed by atoms with E-state index in [-0.39, 0.29) is 31.4 Å². The summed E-state index contributed by atoms with van der Waals surface area (Å²) in [7, 11) is 0. The van der Waals surface area contributed by atoms with Crippen LogP contribution in [0.4, 0.5) is 4.79 Å². The summed E-state index contributed by atoms with van der Waals surface area (Å²) in [5.41, 5.74) is 4.23. The summed E-state index contributed by atoms with van der Waals surface area (Å²) in [6, 6.07) is 14.2. The minimum atomic E-state index is -1.58. The van der Waals surface area contributed by atoms with E-state index in [1.165, 1.54) is 0 Å². The van der Waals surface area contributed by atoms with Gasteiger partial charge in [0.05, 0.1) is 12.4 Å². The van der Waals surface area contributed by atoms with Crippen LogP contribution >= 0.6 is 11.8 Å². The standard InChI is InChI=1S/C24H26N2O7S/c1-2-32-23(30)21(22(29)25-11-12-34-14-20(27)28)26-24(31)33-13-19-17-9-5-3-7-15(17)16-8-4-6-10-18(16)19/h3-10,19,21H,2,11-14H2,1H3,(H,25,29)(H,26,31)(H,27,28). The van der Waals surface area contributed by atoms with E-state index in [2.05, 4.69) is 10.6 Å². The van der Waals surface area contributed by atoms with Crippen molar-refractivity contribution in [2.24, 2.45) is 0 Å². The van der Waals surface area contributed by atoms with Gasteiger partial charge in [-0.1, -0.05) is 48.5 Å². The van der Waals surface area contributed by atoms with Gasteiger partial charge in [0.1, 0.15) is 6.61 Å². The molecule has 0 saturated carbocycles. The number of ether oxygens (including phenoxy) is 2. The average molecular weight is 487 g/mol. The molecular weight excluding hydrogens is 460 g/mol. The van der Waals surface area contributed by atoms with E-state index in [0.717, 1.165) is 34.0 Å². The molecular formula is C24H26N2O7S. The number of rotatable bonds is 11. The van der Waals surface area contributed by atoms with Gasteiger partial charge in [0.15, 0.2) is 0 Å². The molecule has 0 aromatic heterocycles. The Morgan fingerprint density at radius 1 is 1.00 bits per heavy atom. The van der Waals surface area contributed by atoms with Crippen LogP contribution in [0.15, 0.2) is 48.5 Å². The van der Waals surface area contributed by atoms with E-state index < -0.39 is 30.0 Å². The first-order chi connectivity index (χ1) is 16.4. The highest BCUT2D eigenvalue weighted by Crippen LogP contribution is 2.44. The predicted molar refractivity (Wildman–Crippen MR) is 127 cm³/mol. The van der Waals surface area contributed by atoms with Crippen LogP contribution < -0.4 is 10.6 Å². The predicted octanol–water partition coefficient (Wildman–Crippen LogP) is 2.39. The summed E-state index contributed by atoms with van der Waals surface area (Å²) >= 11 is 1.12. The van der Waals surface area contributed by atoms with Crippen LogP contribution in [-0.4, -0.2) is 66.4 Å². The number of thioether (sulfide) groups is 1. The lowest BCUT2D eigenvalue weighted by atomic mass is 9.98. The molecule has 10 heteroatoms. The van der Waals surface area contributed by atoms with Crippen molar-refractivity contribution in [3.63, 3.8) is 0 Å². The van der Waals surface area contributed by atoms with Crippen LogP contribution in [0.25, 0.3) is 11.1 Å². The van der Waals surface area contributed by atoms with Gasteiger partial charge in [-0.25, -0.2) is 9.59 Å². The fraction of sp³-hybridized carbons (Fsp3) is 0.333. The SMILES string of the molecule is CCOC(=O)C(NC(=O)OCC1c2ccccc2-c2ccccc21)C(=O)NCCSCC(=O)O. The zero-order valence-corrected chi connectivity index (χ0v) is 19.4. The number of alkyl carbamates (subject to hydrolysis) is 1. The Labute approximate surface area is 201 Å². The van der Waals surface area contributed by atoms with Crippen molar-refractivity contribution in [3.05, 3.63) is 59.7 Å². The molecule has 2 aromatic rings. The van der Waals surface area contributed by atoms with Crippen molar-refractivity contribution in [1.29, 1.82) is 0 Å². The van der Waals surface area contributed by atoms with Gasteiger partial charge in [-0.05, 0) is 29.2 Å². The van der Waals surface area contributed by atoms with Crippen molar-refractivity contribution in [1.82, 2.24) is 10.6 Å². The number of carboxylic acid groups (broad SMARTS) is 1. The Bertz CT molecular complexity index is 1010. The van der Waals surface area contributed by atoms with Gasteiger partial charge in [-0.2, -0.15) is 0 Å². The van der Waals surface area contributed by atoms with Gasteiger partial charge in [-0.3, -0.25) is 14.9 Å². The largest absolute Gasteiger partial charge is 0.481 e. The third kappa shape index (κ3) is 6.28. The fourth-order valence-corrected chi connectivity index (χ4v) is 4.29. The number of carbonyl (C=O) groups is 4. The second-order valence-electron chi connectivity index (χ2n) is 7.39. The highest BCUT2D eigenvalue weighted by Gasteiger charge is 2.32. The minimum absolute atomic E-state index is 0.0306. The highest BCUT2D eigenvalue weighted by atomic mass is 32.2. The summed E-state index contributed by atoms with van der Waals surface area (Å²) in [4.78, 5) is 47.8. The fourth-order valence-electron chi connectivity index (χ4n) is 3.72. The van der Waals surface area contributed by atoms with E-state index in [0.29, 0.717) is 5.75 Å². The molecule has 0 spiro atoms. The molecule has 3 N–H and O–H groups in total. The lowest BCUT2D eigenvalue weighted by Gasteiger charge is -2.18. The van der Waals surface area contributed by atoms with Crippen molar-refractivity contribution >= 4 is 35.7 Å². The quantitative estimate of drug-likeness (QED) is 0.251. The topological polar surface area (TPSA) is 131 Å². The van der Waals surface area contributed by atoms with Gasteiger partial charge in [-0.15, -0.1) is 11.8 Å². The summed E-state index contributed by atoms with van der Waals surface area (Å²) in [5.74, 6) is -2.57. The first-order valence-corrected chi connectivity index (χ1v) is 11.9. The number of carboxylic acids is 1. The third-order valence-electron chi connectivity index (χ3n) is 5.16. The maximum absolute atomic E-state index is 12.5. The highest BCUT2D eigenvalue weighted by molar-refractivity contribution is 7.99. The second kappa shape index (κ2) is 12.1. The maximum atomic E-state index is 12.5. The molecule has 0 heterocycles. The lowest BCUT2D eigenvalue weighted by Crippen LogP contribution is -2.52. The molecule has 0 saturated heterocycles. The lowest BCUT2D eigenvalue weighted by molar-refractivity contribution is -0.149. The summed E-state index contributed by atoms with van der Waals surface area (Å²) in [6.45, 7) is 1.77. The van der Waals surface area contributed by atoms with E-state index >= 15 is 0 Å². The average Bonchev–Trinajstić information content (AvgIpc) is 3.14. The molecule has 1 unspecified atom stereocenters. The Morgan fingerprint density at radius 3 is 2.21 bits per heavy atom. The molecule has 0 fully saturated rings. The summed E-state index contributed by atoms with van der Waals surface area (Å²) in [6.07, 6.45) is -0.921. The minimum Gasteiger partial charge on any atom is -0.481 e. The molecule has 34 heavy (non-hydrogen) atoms. The number of hydrogen-bond acceptors (Lipinski definition) is 7. The van der Waals surface area contributed by atoms with Gasteiger partial charge < -0.3 is 19.9 Å². The normalized spacial score (nSPS) is 12.7. The number of benzene rings is 2. The van der Waals surface area contributed by atoms with Crippen LogP contribution in [0.3, 0.4) is 0 Å². The van der Waals surface area contributed by atoms with E-state index in [1.807, 2.05) is 48.5 Å². The van der Waals surface area contributed by atoms with Crippen LogP contribution in [-0.2, 0) is 23.9 Å². The second-order valence-corrected chi connectivity index (χ2v) is 8.50. The van der Waals surface area contributed by atoms with Crippen LogP contribution in [0.1, 0.15) is 24.0 Å². The van der Waals surface area contributed by atoms with Crippen molar-refractivity contribution in [2.45, 2.75) is 18.9 Å². The van der Waals surface area contributed by atoms with Gasteiger partial charge in [0.2, 0.25) is 6.04 Å². The number of carbonyl (C=O) groups excluding carboxylic acids is 3. The monoisotopic (exact) mass is 486 g/mol. The molecule has 9 nitrogen and oxygen atoms in total. The Hall–Kier alpha value is -3.53. The van der Waals surface area contributed by atoms with Gasteiger partial charge >= 0.3 is 18.0 Å². The molecule has 2 amide bonds. The van der Waals surface area contributed by atoms with Gasteiger partial charge in [0, 0.05) is 18.2 Å². The van der Waals surface area contributed by atoms with Crippen LogP contribution in [0.2, 0.25) is 0 Å². The van der Waals surface area contributed by atoms with Gasteiger partial charge in [0.25, 0.3) is 5.91 Å². The Morgan fingerprint density at radius 2 is 1.62 bits per heavy atom. The number of aliphatic carboxylic acids is 1.